The molecule has 1 aromatic carbocycles. The van der Waals surface area contributed by atoms with E-state index in [2.05, 4.69) is 9.71 Å². The smallest absolute Gasteiger partial charge is 0.325 e. The summed E-state index contributed by atoms with van der Waals surface area (Å²) in [5.74, 6) is -2.00. The van der Waals surface area contributed by atoms with Crippen molar-refractivity contribution < 1.29 is 18.3 Å². The first-order valence-electron chi connectivity index (χ1n) is 8.80. The number of carbonyl (C=O) groups is 1. The number of carboxylic acids is 1. The van der Waals surface area contributed by atoms with Crippen molar-refractivity contribution >= 4 is 38.9 Å². The molecule has 3 atom stereocenters. The van der Waals surface area contributed by atoms with Crippen molar-refractivity contribution in [2.45, 2.75) is 22.6 Å². The lowest BCUT2D eigenvalue weighted by atomic mass is 10.1. The van der Waals surface area contributed by atoms with Crippen LogP contribution in [0.15, 0.2) is 65.0 Å². The summed E-state index contributed by atoms with van der Waals surface area (Å²) in [7, 11) is -4.04. The molecule has 0 aliphatic heterocycles. The quantitative estimate of drug-likeness (QED) is 0.594. The van der Waals surface area contributed by atoms with E-state index in [0.29, 0.717) is 15.6 Å². The zero-order chi connectivity index (χ0) is 20.8. The van der Waals surface area contributed by atoms with Gasteiger partial charge in [-0.3, -0.25) is 9.78 Å². The Morgan fingerprint density at radius 3 is 2.52 bits per heavy atom. The van der Waals surface area contributed by atoms with Crippen LogP contribution < -0.4 is 4.72 Å². The Labute approximate surface area is 177 Å². The second-order valence-corrected chi connectivity index (χ2v) is 10.4. The summed E-state index contributed by atoms with van der Waals surface area (Å²) in [6, 6.07) is 15.6. The van der Waals surface area contributed by atoms with Gasteiger partial charge in [-0.1, -0.05) is 48.9 Å². The molecular weight excluding hydrogens is 432 g/mol. The van der Waals surface area contributed by atoms with E-state index in [0.717, 1.165) is 16.9 Å². The minimum Gasteiger partial charge on any atom is -0.480 e. The lowest BCUT2D eigenvalue weighted by Gasteiger charge is -2.15. The van der Waals surface area contributed by atoms with E-state index < -0.39 is 27.4 Å². The molecular formula is C20H17ClN2O4S2. The Morgan fingerprint density at radius 2 is 1.90 bits per heavy atom. The Balaban J connectivity index is 1.64. The van der Waals surface area contributed by atoms with Crippen LogP contribution in [0, 0.1) is 5.92 Å². The van der Waals surface area contributed by atoms with Gasteiger partial charge in [0.2, 0.25) is 0 Å². The van der Waals surface area contributed by atoms with Gasteiger partial charge in [0.05, 0.1) is 15.6 Å². The molecule has 0 saturated heterocycles. The standard InChI is InChI=1S/C20H17ClN2O4S2/c1-12-18(13-5-3-2-4-6-13)20(12,19(24)25)23-29(26,27)17-10-9-16(28-17)15-8-7-14(21)11-22-15/h2-12,18,23H,1H3,(H,24,25)/t12?,18-,20+/m1/s1. The Morgan fingerprint density at radius 1 is 1.17 bits per heavy atom. The van der Waals surface area contributed by atoms with Gasteiger partial charge in [-0.25, -0.2) is 8.42 Å². The van der Waals surface area contributed by atoms with Crippen molar-refractivity contribution in [3.63, 3.8) is 0 Å². The van der Waals surface area contributed by atoms with Gasteiger partial charge in [0.25, 0.3) is 10.0 Å². The fraction of sp³-hybridized carbons (Fsp3) is 0.200. The van der Waals surface area contributed by atoms with Gasteiger partial charge in [0, 0.05) is 12.1 Å². The number of nitrogens with one attached hydrogen (secondary N) is 1. The molecule has 29 heavy (non-hydrogen) atoms. The maximum atomic E-state index is 13.0. The predicted octanol–water partition coefficient (Wildman–Crippen LogP) is 4.00. The second-order valence-electron chi connectivity index (χ2n) is 6.94. The number of aliphatic carboxylic acids is 1. The molecule has 1 fully saturated rings. The minimum absolute atomic E-state index is 0.0378. The van der Waals surface area contributed by atoms with E-state index in [-0.39, 0.29) is 10.1 Å². The number of thiophene rings is 1. The normalized spacial score (nSPS) is 23.7. The number of nitrogens with zero attached hydrogens (tertiary/aromatic N) is 1. The Kier molecular flexibility index (Phi) is 4.98. The van der Waals surface area contributed by atoms with Crippen molar-refractivity contribution in [3.8, 4) is 10.6 Å². The third-order valence-corrected chi connectivity index (χ3v) is 8.55. The maximum Gasteiger partial charge on any atom is 0.325 e. The first-order valence-corrected chi connectivity index (χ1v) is 11.5. The van der Waals surface area contributed by atoms with Crippen LogP contribution >= 0.6 is 22.9 Å². The minimum atomic E-state index is -4.04. The summed E-state index contributed by atoms with van der Waals surface area (Å²) < 4.78 is 28.5. The van der Waals surface area contributed by atoms with Gasteiger partial charge in [0.15, 0.2) is 0 Å². The molecule has 6 nitrogen and oxygen atoms in total. The highest BCUT2D eigenvalue weighted by Gasteiger charge is 2.70. The average Bonchev–Trinajstić information content (AvgIpc) is 3.05. The number of rotatable bonds is 6. The summed E-state index contributed by atoms with van der Waals surface area (Å²) in [6.07, 6.45) is 1.48. The number of hydrogen-bond acceptors (Lipinski definition) is 5. The van der Waals surface area contributed by atoms with Gasteiger partial charge in [0.1, 0.15) is 9.75 Å². The monoisotopic (exact) mass is 448 g/mol. The summed E-state index contributed by atoms with van der Waals surface area (Å²) in [6.45, 7) is 1.74. The summed E-state index contributed by atoms with van der Waals surface area (Å²) in [4.78, 5) is 16.9. The molecule has 2 aromatic heterocycles. The van der Waals surface area contributed by atoms with Crippen LogP contribution in [0.1, 0.15) is 18.4 Å². The lowest BCUT2D eigenvalue weighted by molar-refractivity contribution is -0.140. The van der Waals surface area contributed by atoms with Crippen molar-refractivity contribution in [3.05, 3.63) is 71.4 Å². The van der Waals surface area contributed by atoms with E-state index in [9.17, 15) is 18.3 Å². The number of benzene rings is 1. The van der Waals surface area contributed by atoms with Crippen molar-refractivity contribution in [2.75, 3.05) is 0 Å². The summed E-state index contributed by atoms with van der Waals surface area (Å²) in [5, 5.41) is 10.4. The van der Waals surface area contributed by atoms with Crippen molar-refractivity contribution in [2.24, 2.45) is 5.92 Å². The molecule has 150 valence electrons. The predicted molar refractivity (Wildman–Crippen MR) is 112 cm³/mol. The largest absolute Gasteiger partial charge is 0.480 e. The molecule has 4 rings (SSSR count). The first kappa shape index (κ1) is 20.0. The van der Waals surface area contributed by atoms with Gasteiger partial charge in [-0.2, -0.15) is 4.72 Å². The number of hydrogen-bond donors (Lipinski definition) is 2. The molecule has 1 unspecified atom stereocenters. The Bertz CT molecular complexity index is 1160. The van der Waals surface area contributed by atoms with Gasteiger partial charge in [-0.05, 0) is 35.7 Å². The SMILES string of the molecule is CC1[C@H](c2ccccc2)[C@]1(NS(=O)(=O)c1ccc(-c2ccc(Cl)cn2)s1)C(=O)O. The van der Waals surface area contributed by atoms with Crippen LogP contribution in [0.5, 0.6) is 0 Å². The highest BCUT2D eigenvalue weighted by molar-refractivity contribution is 7.91. The van der Waals surface area contributed by atoms with Gasteiger partial charge >= 0.3 is 5.97 Å². The highest BCUT2D eigenvalue weighted by atomic mass is 35.5. The number of halogens is 1. The van der Waals surface area contributed by atoms with Crippen LogP contribution in [0.25, 0.3) is 10.6 Å². The third kappa shape index (κ3) is 3.46. The zero-order valence-corrected chi connectivity index (χ0v) is 17.6. The highest BCUT2D eigenvalue weighted by Crippen LogP contribution is 2.58. The Hall–Kier alpha value is -2.26. The fourth-order valence-electron chi connectivity index (χ4n) is 3.70. The molecule has 1 aliphatic carbocycles. The van der Waals surface area contributed by atoms with Crippen LogP contribution in [-0.4, -0.2) is 30.0 Å². The summed E-state index contributed by atoms with van der Waals surface area (Å²) in [5.41, 5.74) is -0.179. The van der Waals surface area contributed by atoms with E-state index in [1.54, 1.807) is 25.1 Å². The molecule has 2 heterocycles. The molecule has 3 aromatic rings. The number of aromatic nitrogens is 1. The second kappa shape index (κ2) is 7.21. The van der Waals surface area contributed by atoms with Crippen molar-refractivity contribution in [1.29, 1.82) is 0 Å². The van der Waals surface area contributed by atoms with E-state index in [1.165, 1.54) is 12.3 Å². The van der Waals surface area contributed by atoms with Crippen LogP contribution in [0.4, 0.5) is 0 Å². The number of sulfonamides is 1. The maximum absolute atomic E-state index is 13.0. The molecule has 0 amide bonds. The fourth-order valence-corrected chi connectivity index (χ4v) is 6.55. The molecule has 9 heteroatoms. The number of pyridine rings is 1. The molecule has 2 N–H and O–H groups in total. The molecule has 1 saturated carbocycles. The molecule has 0 radical (unpaired) electrons. The van der Waals surface area contributed by atoms with E-state index >= 15 is 0 Å². The zero-order valence-electron chi connectivity index (χ0n) is 15.2. The molecule has 0 bridgehead atoms. The van der Waals surface area contributed by atoms with Gasteiger partial charge < -0.3 is 5.11 Å². The third-order valence-electron chi connectivity index (χ3n) is 5.24. The van der Waals surface area contributed by atoms with Crippen LogP contribution in [-0.2, 0) is 14.8 Å². The molecule has 0 spiro atoms. The topological polar surface area (TPSA) is 96.4 Å². The molecule has 1 aliphatic rings. The van der Waals surface area contributed by atoms with Gasteiger partial charge in [-0.15, -0.1) is 11.3 Å². The first-order chi connectivity index (χ1) is 13.8. The van der Waals surface area contributed by atoms with Crippen LogP contribution in [0.3, 0.4) is 0 Å². The van der Waals surface area contributed by atoms with E-state index in [4.69, 9.17) is 11.6 Å². The lowest BCUT2D eigenvalue weighted by Crippen LogP contribution is -2.45. The van der Waals surface area contributed by atoms with Crippen LogP contribution in [0.2, 0.25) is 5.02 Å². The summed E-state index contributed by atoms with van der Waals surface area (Å²) >= 11 is 6.87. The van der Waals surface area contributed by atoms with Crippen molar-refractivity contribution in [1.82, 2.24) is 9.71 Å². The average molecular weight is 449 g/mol. The van der Waals surface area contributed by atoms with E-state index in [1.807, 2.05) is 30.3 Å². The number of carboxylic acid groups (broad SMARTS) is 1.